The van der Waals surface area contributed by atoms with E-state index >= 15 is 0 Å². The minimum Gasteiger partial charge on any atom is -0.356 e. The van der Waals surface area contributed by atoms with E-state index < -0.39 is 0 Å². The monoisotopic (exact) mass is 210 g/mol. The standard InChI is InChI=1S/C12H22N2O/c1-10(2)8-14-7-5-12(9-14)4-3-6-13-11(12)15/h10H,3-9H2,1-2H3,(H,13,15)/t12-/m1/s1. The summed E-state index contributed by atoms with van der Waals surface area (Å²) in [6.07, 6.45) is 3.31. The van der Waals surface area contributed by atoms with Gasteiger partial charge in [-0.1, -0.05) is 13.8 Å². The van der Waals surface area contributed by atoms with Crippen molar-refractivity contribution >= 4 is 5.91 Å². The molecule has 1 atom stereocenters. The normalized spacial score (nSPS) is 32.6. The quantitative estimate of drug-likeness (QED) is 0.744. The molecule has 86 valence electrons. The summed E-state index contributed by atoms with van der Waals surface area (Å²) in [6.45, 7) is 8.58. The third-order valence-corrected chi connectivity index (χ3v) is 3.66. The number of likely N-dealkylation sites (tertiary alicyclic amines) is 1. The molecule has 2 aliphatic rings. The van der Waals surface area contributed by atoms with E-state index in [0.717, 1.165) is 45.4 Å². The molecule has 0 aromatic rings. The minimum atomic E-state index is -0.0346. The number of nitrogens with one attached hydrogen (secondary N) is 1. The van der Waals surface area contributed by atoms with E-state index in [1.54, 1.807) is 0 Å². The van der Waals surface area contributed by atoms with Gasteiger partial charge in [0.15, 0.2) is 0 Å². The molecule has 0 aromatic heterocycles. The van der Waals surface area contributed by atoms with Gasteiger partial charge in [0, 0.05) is 19.6 Å². The highest BCUT2D eigenvalue weighted by molar-refractivity contribution is 5.83. The first-order valence-corrected chi connectivity index (χ1v) is 6.13. The molecule has 1 N–H and O–H groups in total. The van der Waals surface area contributed by atoms with Gasteiger partial charge in [-0.2, -0.15) is 0 Å². The number of piperidine rings is 1. The van der Waals surface area contributed by atoms with E-state index in [2.05, 4.69) is 24.1 Å². The Bertz CT molecular complexity index is 252. The van der Waals surface area contributed by atoms with E-state index in [1.807, 2.05) is 0 Å². The summed E-state index contributed by atoms with van der Waals surface area (Å²) in [4.78, 5) is 14.4. The van der Waals surface area contributed by atoms with Crippen LogP contribution in [0.15, 0.2) is 0 Å². The predicted molar refractivity (Wildman–Crippen MR) is 60.6 cm³/mol. The molecule has 0 aromatic carbocycles. The second kappa shape index (κ2) is 4.12. The van der Waals surface area contributed by atoms with Gasteiger partial charge in [0.05, 0.1) is 5.41 Å². The lowest BCUT2D eigenvalue weighted by molar-refractivity contribution is -0.132. The zero-order valence-electron chi connectivity index (χ0n) is 9.88. The number of carbonyl (C=O) groups is 1. The highest BCUT2D eigenvalue weighted by atomic mass is 16.2. The number of nitrogens with zero attached hydrogens (tertiary/aromatic N) is 1. The van der Waals surface area contributed by atoms with Crippen LogP contribution >= 0.6 is 0 Å². The molecule has 2 rings (SSSR count). The first-order valence-electron chi connectivity index (χ1n) is 6.13. The Morgan fingerprint density at radius 3 is 2.93 bits per heavy atom. The summed E-state index contributed by atoms with van der Waals surface area (Å²) in [6, 6.07) is 0. The van der Waals surface area contributed by atoms with Crippen molar-refractivity contribution in [1.82, 2.24) is 10.2 Å². The summed E-state index contributed by atoms with van der Waals surface area (Å²) < 4.78 is 0. The smallest absolute Gasteiger partial charge is 0.227 e. The van der Waals surface area contributed by atoms with Crippen LogP contribution in [0, 0.1) is 11.3 Å². The molecule has 0 radical (unpaired) electrons. The third-order valence-electron chi connectivity index (χ3n) is 3.66. The van der Waals surface area contributed by atoms with Crippen molar-refractivity contribution in [2.45, 2.75) is 33.1 Å². The van der Waals surface area contributed by atoms with Crippen LogP contribution in [-0.2, 0) is 4.79 Å². The predicted octanol–water partition coefficient (Wildman–Crippen LogP) is 1.24. The molecule has 0 bridgehead atoms. The Labute approximate surface area is 92.2 Å². The molecule has 3 nitrogen and oxygen atoms in total. The first-order chi connectivity index (χ1) is 7.12. The van der Waals surface area contributed by atoms with Gasteiger partial charge in [0.2, 0.25) is 5.91 Å². The molecular weight excluding hydrogens is 188 g/mol. The fourth-order valence-corrected chi connectivity index (χ4v) is 2.95. The fraction of sp³-hybridized carbons (Fsp3) is 0.917. The number of carbonyl (C=O) groups excluding carboxylic acids is 1. The lowest BCUT2D eigenvalue weighted by atomic mass is 9.79. The molecule has 3 heteroatoms. The summed E-state index contributed by atoms with van der Waals surface area (Å²) in [5.41, 5.74) is -0.0346. The maximum Gasteiger partial charge on any atom is 0.227 e. The number of amides is 1. The molecular formula is C12H22N2O. The van der Waals surface area contributed by atoms with Crippen LogP contribution in [0.1, 0.15) is 33.1 Å². The molecule has 2 saturated heterocycles. The van der Waals surface area contributed by atoms with Crippen molar-refractivity contribution in [3.8, 4) is 0 Å². The molecule has 15 heavy (non-hydrogen) atoms. The molecule has 0 aliphatic carbocycles. The zero-order chi connectivity index (χ0) is 10.9. The number of hydrogen-bond acceptors (Lipinski definition) is 2. The largest absolute Gasteiger partial charge is 0.356 e. The third kappa shape index (κ3) is 2.17. The first kappa shape index (κ1) is 10.9. The van der Waals surface area contributed by atoms with Crippen LogP contribution < -0.4 is 5.32 Å². The second-order valence-corrected chi connectivity index (χ2v) is 5.52. The van der Waals surface area contributed by atoms with E-state index in [0.29, 0.717) is 11.8 Å². The Kier molecular flexibility index (Phi) is 3.01. The summed E-state index contributed by atoms with van der Waals surface area (Å²) >= 11 is 0. The highest BCUT2D eigenvalue weighted by Gasteiger charge is 2.45. The molecule has 0 unspecified atom stereocenters. The Hall–Kier alpha value is -0.570. The molecule has 0 saturated carbocycles. The van der Waals surface area contributed by atoms with Crippen molar-refractivity contribution in [2.75, 3.05) is 26.2 Å². The van der Waals surface area contributed by atoms with Gasteiger partial charge in [-0.3, -0.25) is 4.79 Å². The van der Waals surface area contributed by atoms with Crippen LogP contribution in [0.5, 0.6) is 0 Å². The summed E-state index contributed by atoms with van der Waals surface area (Å²) in [5.74, 6) is 1.01. The average Bonchev–Trinajstić information content (AvgIpc) is 2.55. The summed E-state index contributed by atoms with van der Waals surface area (Å²) in [5, 5.41) is 3.02. The lowest BCUT2D eigenvalue weighted by Crippen LogP contribution is -2.47. The van der Waals surface area contributed by atoms with Crippen LogP contribution in [-0.4, -0.2) is 37.0 Å². The minimum absolute atomic E-state index is 0.0346. The van der Waals surface area contributed by atoms with Gasteiger partial charge in [-0.15, -0.1) is 0 Å². The van der Waals surface area contributed by atoms with Gasteiger partial charge in [0.25, 0.3) is 0 Å². The van der Waals surface area contributed by atoms with Gasteiger partial charge >= 0.3 is 0 Å². The topological polar surface area (TPSA) is 32.3 Å². The van der Waals surface area contributed by atoms with E-state index in [1.165, 1.54) is 0 Å². The highest BCUT2D eigenvalue weighted by Crippen LogP contribution is 2.37. The Balaban J connectivity index is 1.97. The van der Waals surface area contributed by atoms with Crippen LogP contribution in [0.25, 0.3) is 0 Å². The molecule has 2 aliphatic heterocycles. The summed E-state index contributed by atoms with van der Waals surface area (Å²) in [7, 11) is 0. The van der Waals surface area contributed by atoms with Gasteiger partial charge < -0.3 is 10.2 Å². The number of hydrogen-bond donors (Lipinski definition) is 1. The average molecular weight is 210 g/mol. The molecule has 1 amide bonds. The van der Waals surface area contributed by atoms with Crippen molar-refractivity contribution in [2.24, 2.45) is 11.3 Å². The Morgan fingerprint density at radius 2 is 2.27 bits per heavy atom. The van der Waals surface area contributed by atoms with Gasteiger partial charge in [-0.25, -0.2) is 0 Å². The maximum absolute atomic E-state index is 11.9. The van der Waals surface area contributed by atoms with Gasteiger partial charge in [-0.05, 0) is 31.7 Å². The van der Waals surface area contributed by atoms with E-state index in [-0.39, 0.29) is 5.41 Å². The van der Waals surface area contributed by atoms with Crippen LogP contribution in [0.4, 0.5) is 0 Å². The number of rotatable bonds is 2. The molecule has 2 heterocycles. The molecule has 1 spiro atoms. The van der Waals surface area contributed by atoms with Crippen molar-refractivity contribution in [3.63, 3.8) is 0 Å². The fourth-order valence-electron chi connectivity index (χ4n) is 2.95. The lowest BCUT2D eigenvalue weighted by Gasteiger charge is -2.32. The zero-order valence-corrected chi connectivity index (χ0v) is 9.88. The van der Waals surface area contributed by atoms with Crippen LogP contribution in [0.3, 0.4) is 0 Å². The molecule has 2 fully saturated rings. The van der Waals surface area contributed by atoms with Crippen molar-refractivity contribution < 1.29 is 4.79 Å². The maximum atomic E-state index is 11.9. The Morgan fingerprint density at radius 1 is 1.47 bits per heavy atom. The van der Waals surface area contributed by atoms with Crippen molar-refractivity contribution in [3.05, 3.63) is 0 Å². The van der Waals surface area contributed by atoms with Gasteiger partial charge in [0.1, 0.15) is 0 Å². The van der Waals surface area contributed by atoms with E-state index in [4.69, 9.17) is 0 Å². The SMILES string of the molecule is CC(C)CN1CC[C@]2(CCCNC2=O)C1. The van der Waals surface area contributed by atoms with Crippen LogP contribution in [0.2, 0.25) is 0 Å². The van der Waals surface area contributed by atoms with Crippen molar-refractivity contribution in [1.29, 1.82) is 0 Å². The second-order valence-electron chi connectivity index (χ2n) is 5.52. The van der Waals surface area contributed by atoms with E-state index in [9.17, 15) is 4.79 Å².